The number of likely N-dealkylation sites (N-methyl/N-ethyl adjacent to an activating group) is 1. The molecule has 0 aliphatic carbocycles. The molecule has 1 aliphatic rings. The highest BCUT2D eigenvalue weighted by atomic mass is 32.1. The number of thiazole rings is 1. The monoisotopic (exact) mass is 325 g/mol. The van der Waals surface area contributed by atoms with E-state index < -0.39 is 11.8 Å². The van der Waals surface area contributed by atoms with E-state index in [-0.39, 0.29) is 18.5 Å². The molecule has 9 heteroatoms. The van der Waals surface area contributed by atoms with Gasteiger partial charge in [-0.3, -0.25) is 14.4 Å². The smallest absolute Gasteiger partial charge is 0.309 e. The number of nitrogens with two attached hydrogens (primary N) is 1. The lowest BCUT2D eigenvalue weighted by Crippen LogP contribution is -2.45. The van der Waals surface area contributed by atoms with Crippen molar-refractivity contribution in [2.24, 2.45) is 5.73 Å². The highest BCUT2D eigenvalue weighted by molar-refractivity contribution is 7.13. The number of hydrogen-bond acceptors (Lipinski definition) is 6. The van der Waals surface area contributed by atoms with Crippen LogP contribution in [-0.4, -0.2) is 53.8 Å². The zero-order chi connectivity index (χ0) is 16.3. The largest absolute Gasteiger partial charge is 0.361 e. The molecule has 0 fully saturated rings. The van der Waals surface area contributed by atoms with E-state index in [1.807, 2.05) is 7.05 Å². The summed E-state index contributed by atoms with van der Waals surface area (Å²) in [5.74, 6) is -2.19. The van der Waals surface area contributed by atoms with E-state index >= 15 is 0 Å². The fourth-order valence-corrected chi connectivity index (χ4v) is 3.18. The van der Waals surface area contributed by atoms with Gasteiger partial charge in [-0.1, -0.05) is 0 Å². The Labute approximate surface area is 132 Å². The molecule has 0 radical (unpaired) electrons. The fourth-order valence-electron chi connectivity index (χ4n) is 2.09. The van der Waals surface area contributed by atoms with Gasteiger partial charge in [0.2, 0.25) is 0 Å². The van der Waals surface area contributed by atoms with Crippen LogP contribution in [0.4, 0.5) is 0 Å². The van der Waals surface area contributed by atoms with Crippen molar-refractivity contribution in [3.8, 4) is 0 Å². The minimum absolute atomic E-state index is 0.126. The highest BCUT2D eigenvalue weighted by Gasteiger charge is 2.22. The molecule has 0 saturated heterocycles. The standard InChI is InChI=1S/C13H19N5O3S/c1-7(5-15-11(20)10(14)19)16-12(21)13-17-8-3-4-18(2)6-9(8)22-13/h7H,3-6H2,1-2H3,(H2,14,19)(H,15,20)(H,16,21)/t7-/m1/s1. The fraction of sp³-hybridized carbons (Fsp3) is 0.538. The van der Waals surface area contributed by atoms with Gasteiger partial charge in [0.25, 0.3) is 5.91 Å². The van der Waals surface area contributed by atoms with E-state index in [0.717, 1.165) is 30.1 Å². The van der Waals surface area contributed by atoms with E-state index in [2.05, 4.69) is 20.5 Å². The van der Waals surface area contributed by atoms with Crippen LogP contribution < -0.4 is 16.4 Å². The van der Waals surface area contributed by atoms with Gasteiger partial charge in [-0.2, -0.15) is 0 Å². The number of aromatic nitrogens is 1. The van der Waals surface area contributed by atoms with Crippen molar-refractivity contribution in [3.05, 3.63) is 15.6 Å². The van der Waals surface area contributed by atoms with Gasteiger partial charge in [0, 0.05) is 37.0 Å². The quantitative estimate of drug-likeness (QED) is 0.604. The Balaban J connectivity index is 1.89. The molecule has 1 aromatic rings. The van der Waals surface area contributed by atoms with Gasteiger partial charge in [-0.25, -0.2) is 4.98 Å². The van der Waals surface area contributed by atoms with Gasteiger partial charge in [0.1, 0.15) is 0 Å². The third kappa shape index (κ3) is 4.01. The summed E-state index contributed by atoms with van der Waals surface area (Å²) >= 11 is 1.39. The number of carbonyl (C=O) groups excluding carboxylic acids is 3. The van der Waals surface area contributed by atoms with E-state index in [4.69, 9.17) is 5.73 Å². The first-order valence-corrected chi connectivity index (χ1v) is 7.74. The Kier molecular flexibility index (Phi) is 5.09. The molecule has 2 rings (SSSR count). The molecule has 8 nitrogen and oxygen atoms in total. The number of rotatable bonds is 4. The van der Waals surface area contributed by atoms with Crippen molar-refractivity contribution in [1.29, 1.82) is 0 Å². The summed E-state index contributed by atoms with van der Waals surface area (Å²) in [4.78, 5) is 41.5. The van der Waals surface area contributed by atoms with Crippen molar-refractivity contribution >= 4 is 29.1 Å². The first kappa shape index (κ1) is 16.4. The molecule has 1 atom stereocenters. The molecule has 4 N–H and O–H groups in total. The summed E-state index contributed by atoms with van der Waals surface area (Å²) in [7, 11) is 2.03. The number of carbonyl (C=O) groups is 3. The van der Waals surface area contributed by atoms with Crippen LogP contribution >= 0.6 is 11.3 Å². The molecule has 22 heavy (non-hydrogen) atoms. The molecule has 1 aliphatic heterocycles. The second kappa shape index (κ2) is 6.84. The summed E-state index contributed by atoms with van der Waals surface area (Å²) in [6.07, 6.45) is 0.847. The van der Waals surface area contributed by atoms with Gasteiger partial charge in [-0.05, 0) is 14.0 Å². The van der Waals surface area contributed by atoms with Crippen LogP contribution in [0.1, 0.15) is 27.3 Å². The number of hydrogen-bond donors (Lipinski definition) is 3. The van der Waals surface area contributed by atoms with Gasteiger partial charge in [0.15, 0.2) is 5.01 Å². The number of primary amides is 1. The molecule has 3 amide bonds. The normalized spacial score (nSPS) is 15.7. The Morgan fingerprint density at radius 1 is 1.45 bits per heavy atom. The van der Waals surface area contributed by atoms with Gasteiger partial charge < -0.3 is 21.3 Å². The highest BCUT2D eigenvalue weighted by Crippen LogP contribution is 2.24. The van der Waals surface area contributed by atoms with Crippen LogP contribution in [0.3, 0.4) is 0 Å². The minimum Gasteiger partial charge on any atom is -0.361 e. The number of nitrogens with one attached hydrogen (secondary N) is 2. The van der Waals surface area contributed by atoms with Crippen molar-refractivity contribution in [1.82, 2.24) is 20.5 Å². The molecule has 0 spiro atoms. The van der Waals surface area contributed by atoms with Gasteiger partial charge >= 0.3 is 11.8 Å². The van der Waals surface area contributed by atoms with Crippen LogP contribution in [0, 0.1) is 0 Å². The van der Waals surface area contributed by atoms with E-state index in [9.17, 15) is 14.4 Å². The lowest BCUT2D eigenvalue weighted by molar-refractivity contribution is -0.137. The van der Waals surface area contributed by atoms with E-state index in [1.54, 1.807) is 6.92 Å². The topological polar surface area (TPSA) is 117 Å². The molecular formula is C13H19N5O3S. The SMILES string of the molecule is C[C@H](CNC(=O)C(N)=O)NC(=O)c1nc2c(s1)CN(C)CC2. The Morgan fingerprint density at radius 2 is 2.18 bits per heavy atom. The summed E-state index contributed by atoms with van der Waals surface area (Å²) in [5, 5.41) is 5.51. The van der Waals surface area contributed by atoms with E-state index in [0.29, 0.717) is 5.01 Å². The maximum atomic E-state index is 12.2. The summed E-state index contributed by atoms with van der Waals surface area (Å²) in [5.41, 5.74) is 5.82. The van der Waals surface area contributed by atoms with Crippen molar-refractivity contribution in [2.75, 3.05) is 20.1 Å². The van der Waals surface area contributed by atoms with Crippen LogP contribution in [-0.2, 0) is 22.6 Å². The van der Waals surface area contributed by atoms with Crippen LogP contribution in [0.15, 0.2) is 0 Å². The number of amides is 3. The van der Waals surface area contributed by atoms with Crippen LogP contribution in [0.2, 0.25) is 0 Å². The Hall–Kier alpha value is -2.00. The average Bonchev–Trinajstić information content (AvgIpc) is 2.87. The third-order valence-corrected chi connectivity index (χ3v) is 4.37. The molecule has 0 aromatic carbocycles. The average molecular weight is 325 g/mol. The zero-order valence-corrected chi connectivity index (χ0v) is 13.3. The maximum Gasteiger partial charge on any atom is 0.309 e. The zero-order valence-electron chi connectivity index (χ0n) is 12.5. The first-order chi connectivity index (χ1) is 10.4. The summed E-state index contributed by atoms with van der Waals surface area (Å²) in [6, 6.07) is -0.334. The summed E-state index contributed by atoms with van der Waals surface area (Å²) < 4.78 is 0. The van der Waals surface area contributed by atoms with E-state index in [1.165, 1.54) is 11.3 Å². The molecule has 120 valence electrons. The molecule has 2 heterocycles. The summed E-state index contributed by atoms with van der Waals surface area (Å²) in [6.45, 7) is 3.60. The minimum atomic E-state index is -1.05. The lowest BCUT2D eigenvalue weighted by Gasteiger charge is -2.20. The number of nitrogens with zero attached hydrogens (tertiary/aromatic N) is 2. The molecule has 1 aromatic heterocycles. The molecule has 0 saturated carbocycles. The lowest BCUT2D eigenvalue weighted by atomic mass is 10.2. The molecular weight excluding hydrogens is 306 g/mol. The second-order valence-electron chi connectivity index (χ2n) is 5.33. The van der Waals surface area contributed by atoms with Crippen molar-refractivity contribution in [3.63, 3.8) is 0 Å². The van der Waals surface area contributed by atoms with Crippen LogP contribution in [0.5, 0.6) is 0 Å². The van der Waals surface area contributed by atoms with Crippen molar-refractivity contribution < 1.29 is 14.4 Å². The van der Waals surface area contributed by atoms with Crippen molar-refractivity contribution in [2.45, 2.75) is 25.9 Å². The molecule has 0 bridgehead atoms. The Bertz CT molecular complexity index is 600. The predicted molar refractivity (Wildman–Crippen MR) is 81.3 cm³/mol. The van der Waals surface area contributed by atoms with Crippen LogP contribution in [0.25, 0.3) is 0 Å². The van der Waals surface area contributed by atoms with Gasteiger partial charge in [0.05, 0.1) is 5.69 Å². The maximum absolute atomic E-state index is 12.2. The van der Waals surface area contributed by atoms with Gasteiger partial charge in [-0.15, -0.1) is 11.3 Å². The third-order valence-electron chi connectivity index (χ3n) is 3.29. The number of fused-ring (bicyclic) bond motifs is 1. The first-order valence-electron chi connectivity index (χ1n) is 6.92. The predicted octanol–water partition coefficient (Wildman–Crippen LogP) is -1.15. The second-order valence-corrected chi connectivity index (χ2v) is 6.41. The Morgan fingerprint density at radius 3 is 2.86 bits per heavy atom. The molecule has 0 unspecified atom stereocenters.